The van der Waals surface area contributed by atoms with E-state index >= 15 is 0 Å². The highest BCUT2D eigenvalue weighted by atomic mass is 35.5. The van der Waals surface area contributed by atoms with E-state index in [1.807, 2.05) is 0 Å². The second-order valence-electron chi connectivity index (χ2n) is 2.69. The summed E-state index contributed by atoms with van der Waals surface area (Å²) in [6.07, 6.45) is -6.51. The molecule has 0 aliphatic carbocycles. The second kappa shape index (κ2) is 3.87. The van der Waals surface area contributed by atoms with E-state index in [0.29, 0.717) is 0 Å². The van der Waals surface area contributed by atoms with E-state index < -0.39 is 30.7 Å². The van der Waals surface area contributed by atoms with Gasteiger partial charge in [0.15, 0.2) is 6.29 Å². The Morgan fingerprint density at radius 2 is 1.58 bits per heavy atom. The van der Waals surface area contributed by atoms with Gasteiger partial charge in [-0.2, -0.15) is 0 Å². The number of hydrogen-bond acceptors (Lipinski definition) is 5. The van der Waals surface area contributed by atoms with Crippen LogP contribution in [0.4, 0.5) is 0 Å². The van der Waals surface area contributed by atoms with Crippen molar-refractivity contribution >= 4 is 11.6 Å². The quantitative estimate of drug-likeness (QED) is 0.367. The van der Waals surface area contributed by atoms with Gasteiger partial charge in [-0.25, -0.2) is 0 Å². The van der Waals surface area contributed by atoms with Crippen LogP contribution in [0.15, 0.2) is 0 Å². The van der Waals surface area contributed by atoms with Crippen LogP contribution in [-0.2, 0) is 4.74 Å². The summed E-state index contributed by atoms with van der Waals surface area (Å²) in [6, 6.07) is 0. The molecular formula is C6H11ClO5. The summed E-state index contributed by atoms with van der Waals surface area (Å²) in [6.45, 7) is 0. The fraction of sp³-hybridized carbons (Fsp3) is 1.00. The van der Waals surface area contributed by atoms with Gasteiger partial charge in [0.25, 0.3) is 0 Å². The lowest BCUT2D eigenvalue weighted by Crippen LogP contribution is -2.57. The lowest BCUT2D eigenvalue weighted by atomic mass is 10.0. The number of rotatable bonds is 1. The van der Waals surface area contributed by atoms with Crippen LogP contribution in [0.2, 0.25) is 0 Å². The van der Waals surface area contributed by atoms with Crippen molar-refractivity contribution in [3.05, 3.63) is 0 Å². The van der Waals surface area contributed by atoms with E-state index in [1.54, 1.807) is 0 Å². The van der Waals surface area contributed by atoms with E-state index in [9.17, 15) is 5.11 Å². The molecule has 1 heterocycles. The van der Waals surface area contributed by atoms with Crippen molar-refractivity contribution in [2.45, 2.75) is 30.7 Å². The van der Waals surface area contributed by atoms with Crippen LogP contribution in [0.5, 0.6) is 0 Å². The zero-order valence-corrected chi connectivity index (χ0v) is 6.92. The average Bonchev–Trinajstić information content (AvgIpc) is 2.08. The Balaban J connectivity index is 2.63. The van der Waals surface area contributed by atoms with Crippen LogP contribution in [0.1, 0.15) is 0 Å². The van der Waals surface area contributed by atoms with Gasteiger partial charge in [-0.3, -0.25) is 0 Å². The summed E-state index contributed by atoms with van der Waals surface area (Å²) < 4.78 is 4.69. The van der Waals surface area contributed by atoms with Crippen LogP contribution >= 0.6 is 11.6 Å². The summed E-state index contributed by atoms with van der Waals surface area (Å²) in [7, 11) is 0. The molecule has 3 unspecified atom stereocenters. The Morgan fingerprint density at radius 1 is 1.00 bits per heavy atom. The van der Waals surface area contributed by atoms with Gasteiger partial charge in [-0.1, -0.05) is 0 Å². The molecule has 0 aromatic carbocycles. The minimum Gasteiger partial charge on any atom is -0.388 e. The Labute approximate surface area is 74.2 Å². The van der Waals surface area contributed by atoms with E-state index in [-0.39, 0.29) is 5.88 Å². The lowest BCUT2D eigenvalue weighted by molar-refractivity contribution is -0.276. The van der Waals surface area contributed by atoms with Gasteiger partial charge in [0.1, 0.15) is 24.4 Å². The fourth-order valence-corrected chi connectivity index (χ4v) is 1.31. The van der Waals surface area contributed by atoms with Crippen molar-refractivity contribution < 1.29 is 25.2 Å². The van der Waals surface area contributed by atoms with Gasteiger partial charge in [0.05, 0.1) is 5.88 Å². The molecule has 0 amide bonds. The number of aliphatic hydroxyl groups is 4. The highest BCUT2D eigenvalue weighted by Crippen LogP contribution is 2.20. The smallest absolute Gasteiger partial charge is 0.184 e. The first-order chi connectivity index (χ1) is 5.57. The molecular weight excluding hydrogens is 188 g/mol. The van der Waals surface area contributed by atoms with Crippen molar-refractivity contribution in [2.75, 3.05) is 5.88 Å². The lowest BCUT2D eigenvalue weighted by Gasteiger charge is -2.37. The molecule has 72 valence electrons. The molecule has 0 bridgehead atoms. The summed E-state index contributed by atoms with van der Waals surface area (Å²) in [5, 5.41) is 36.3. The minimum absolute atomic E-state index is 0.0536. The molecule has 1 aliphatic heterocycles. The fourth-order valence-electron chi connectivity index (χ4n) is 1.06. The number of hydrogen-bond donors (Lipinski definition) is 4. The van der Waals surface area contributed by atoms with Gasteiger partial charge in [0.2, 0.25) is 0 Å². The summed E-state index contributed by atoms with van der Waals surface area (Å²) >= 11 is 5.36. The van der Waals surface area contributed by atoms with Crippen LogP contribution < -0.4 is 0 Å². The minimum atomic E-state index is -1.49. The van der Waals surface area contributed by atoms with Crippen molar-refractivity contribution in [3.63, 3.8) is 0 Å². The number of halogens is 1. The Morgan fingerprint density at radius 3 is 2.08 bits per heavy atom. The maximum atomic E-state index is 9.20. The Kier molecular flexibility index (Phi) is 3.28. The standard InChI is InChI=1S/C6H11ClO5/c7-1-2-3(8)4(9)5(10)6(11)12-2/h2-6,8-11H,1H2/t2?,3-,4?,5+,6?/m1/s1. The van der Waals surface area contributed by atoms with Crippen LogP contribution in [-0.4, -0.2) is 57.0 Å². The van der Waals surface area contributed by atoms with Crippen molar-refractivity contribution in [1.29, 1.82) is 0 Å². The van der Waals surface area contributed by atoms with Crippen LogP contribution in [0, 0.1) is 0 Å². The monoisotopic (exact) mass is 198 g/mol. The van der Waals surface area contributed by atoms with Crippen LogP contribution in [0.25, 0.3) is 0 Å². The number of aliphatic hydroxyl groups excluding tert-OH is 4. The van der Waals surface area contributed by atoms with Crippen LogP contribution in [0.3, 0.4) is 0 Å². The maximum Gasteiger partial charge on any atom is 0.184 e. The Bertz CT molecular complexity index is 150. The molecule has 1 rings (SSSR count). The zero-order valence-electron chi connectivity index (χ0n) is 6.17. The molecule has 0 aromatic heterocycles. The number of alkyl halides is 1. The molecule has 4 N–H and O–H groups in total. The third-order valence-electron chi connectivity index (χ3n) is 1.84. The van der Waals surface area contributed by atoms with Crippen molar-refractivity contribution in [2.24, 2.45) is 0 Å². The summed E-state index contributed by atoms with van der Waals surface area (Å²) in [5.74, 6) is -0.0536. The number of ether oxygens (including phenoxy) is 1. The summed E-state index contributed by atoms with van der Waals surface area (Å²) in [4.78, 5) is 0. The topological polar surface area (TPSA) is 90.2 Å². The van der Waals surface area contributed by atoms with Crippen molar-refractivity contribution in [1.82, 2.24) is 0 Å². The third kappa shape index (κ3) is 1.71. The average molecular weight is 199 g/mol. The van der Waals surface area contributed by atoms with Crippen molar-refractivity contribution in [3.8, 4) is 0 Å². The first-order valence-electron chi connectivity index (χ1n) is 3.51. The molecule has 5 atom stereocenters. The molecule has 0 spiro atoms. The predicted molar refractivity (Wildman–Crippen MR) is 39.6 cm³/mol. The second-order valence-corrected chi connectivity index (χ2v) is 3.00. The molecule has 12 heavy (non-hydrogen) atoms. The Hall–Kier alpha value is 0.0900. The molecule has 0 saturated carbocycles. The van der Waals surface area contributed by atoms with Gasteiger partial charge in [0, 0.05) is 0 Å². The van der Waals surface area contributed by atoms with E-state index in [2.05, 4.69) is 0 Å². The molecule has 6 heteroatoms. The third-order valence-corrected chi connectivity index (χ3v) is 2.14. The molecule has 1 aliphatic rings. The molecule has 0 aromatic rings. The van der Waals surface area contributed by atoms with Gasteiger partial charge in [-0.05, 0) is 0 Å². The molecule has 5 nitrogen and oxygen atoms in total. The van der Waals surface area contributed by atoms with E-state index in [4.69, 9.17) is 31.7 Å². The predicted octanol–water partition coefficient (Wildman–Crippen LogP) is -1.97. The SMILES string of the molecule is OC1OC(CCl)[C@@H](O)C(O)[C@@H]1O. The molecule has 0 radical (unpaired) electrons. The molecule has 1 fully saturated rings. The normalized spacial score (nSPS) is 49.2. The van der Waals surface area contributed by atoms with E-state index in [0.717, 1.165) is 0 Å². The first-order valence-corrected chi connectivity index (χ1v) is 4.05. The van der Waals surface area contributed by atoms with Gasteiger partial charge < -0.3 is 25.2 Å². The van der Waals surface area contributed by atoms with E-state index in [1.165, 1.54) is 0 Å². The highest BCUT2D eigenvalue weighted by molar-refractivity contribution is 6.18. The first kappa shape index (κ1) is 10.2. The van der Waals surface area contributed by atoms with Gasteiger partial charge in [-0.15, -0.1) is 11.6 Å². The van der Waals surface area contributed by atoms with Gasteiger partial charge >= 0.3 is 0 Å². The highest BCUT2D eigenvalue weighted by Gasteiger charge is 2.42. The summed E-state index contributed by atoms with van der Waals surface area (Å²) in [5.41, 5.74) is 0. The molecule has 1 saturated heterocycles. The largest absolute Gasteiger partial charge is 0.388 e. The zero-order chi connectivity index (χ0) is 9.30. The maximum absolute atomic E-state index is 9.20.